The zero-order valence-electron chi connectivity index (χ0n) is 10.0. The molecule has 1 aromatic rings. The van der Waals surface area contributed by atoms with Crippen LogP contribution in [-0.2, 0) is 11.8 Å². The van der Waals surface area contributed by atoms with Crippen LogP contribution in [0, 0.1) is 0 Å². The van der Waals surface area contributed by atoms with E-state index in [-0.39, 0.29) is 5.78 Å². The first-order chi connectivity index (χ1) is 8.00. The van der Waals surface area contributed by atoms with Crippen molar-refractivity contribution in [2.75, 3.05) is 6.16 Å². The second kappa shape index (κ2) is 4.72. The van der Waals surface area contributed by atoms with E-state index in [1.807, 2.05) is 30.3 Å². The second-order valence-corrected chi connectivity index (χ2v) is 9.01. The highest BCUT2D eigenvalue weighted by molar-refractivity contribution is 8.18. The summed E-state index contributed by atoms with van der Waals surface area (Å²) in [5.41, 5.74) is 3.23. The van der Waals surface area contributed by atoms with Crippen LogP contribution in [0.25, 0.3) is 0 Å². The first-order valence-corrected chi connectivity index (χ1v) is 8.69. The molecule has 88 valence electrons. The molecule has 1 aliphatic rings. The number of benzene rings is 1. The van der Waals surface area contributed by atoms with Crippen LogP contribution in [0.2, 0.25) is 0 Å². The highest BCUT2D eigenvalue weighted by Crippen LogP contribution is 2.56. The molecule has 0 radical (unpaired) electrons. The van der Waals surface area contributed by atoms with Gasteiger partial charge in [0.05, 0.1) is 0 Å². The Labute approximate surface area is 107 Å². The molecule has 1 nitrogen and oxygen atoms in total. The lowest BCUT2D eigenvalue weighted by Gasteiger charge is -2.09. The number of Topliss-reactive ketones (excluding diaryl/α,β-unsaturated/α-hetero) is 1. The van der Waals surface area contributed by atoms with Gasteiger partial charge in [-0.1, -0.05) is 42.1 Å². The molecule has 0 bridgehead atoms. The Balaban J connectivity index is 2.20. The summed E-state index contributed by atoms with van der Waals surface area (Å²) in [5.74, 6) is 4.40. The third-order valence-corrected chi connectivity index (χ3v) is 6.38. The van der Waals surface area contributed by atoms with E-state index in [1.165, 1.54) is 11.1 Å². The normalized spacial score (nSPS) is 17.5. The van der Waals surface area contributed by atoms with Gasteiger partial charge in [-0.25, -0.2) is 0 Å². The largest absolute Gasteiger partial charge is 0.294 e. The Morgan fingerprint density at radius 3 is 2.18 bits per heavy atom. The highest BCUT2D eigenvalue weighted by atomic mass is 32.4. The Hall–Kier alpha value is -0.980. The van der Waals surface area contributed by atoms with E-state index in [2.05, 4.69) is 25.5 Å². The fourth-order valence-electron chi connectivity index (χ4n) is 1.93. The van der Waals surface area contributed by atoms with E-state index in [0.29, 0.717) is 6.16 Å². The summed E-state index contributed by atoms with van der Waals surface area (Å²) in [7, 11) is 0. The third-order valence-electron chi connectivity index (χ3n) is 2.93. The minimum Gasteiger partial charge on any atom is -0.294 e. The molecule has 0 aliphatic carbocycles. The average molecular weight is 262 g/mol. The van der Waals surface area contributed by atoms with Gasteiger partial charge in [-0.3, -0.25) is 4.79 Å². The van der Waals surface area contributed by atoms with Gasteiger partial charge in [0.15, 0.2) is 5.78 Å². The molecular formula is C14H15OPS. The van der Waals surface area contributed by atoms with E-state index in [0.717, 1.165) is 5.56 Å². The van der Waals surface area contributed by atoms with Crippen molar-refractivity contribution in [3.8, 4) is 0 Å². The molecule has 0 saturated carbocycles. The van der Waals surface area contributed by atoms with Crippen molar-refractivity contribution < 1.29 is 4.79 Å². The highest BCUT2D eigenvalue weighted by Gasteiger charge is 2.22. The quantitative estimate of drug-likeness (QED) is 0.600. The number of hydrogen-bond acceptors (Lipinski definition) is 2. The van der Waals surface area contributed by atoms with Gasteiger partial charge in [-0.05, 0) is 36.6 Å². The number of ketones is 1. The summed E-state index contributed by atoms with van der Waals surface area (Å²) < 4.78 is 0. The van der Waals surface area contributed by atoms with Crippen LogP contribution >= 0.6 is 6.04 Å². The van der Waals surface area contributed by atoms with E-state index >= 15 is 0 Å². The molecule has 0 saturated heterocycles. The van der Waals surface area contributed by atoms with Gasteiger partial charge in [-0.2, -0.15) is 0 Å². The zero-order valence-corrected chi connectivity index (χ0v) is 11.7. The molecule has 0 unspecified atom stereocenters. The molecule has 1 heterocycles. The van der Waals surface area contributed by atoms with Gasteiger partial charge in [0.25, 0.3) is 0 Å². The smallest absolute Gasteiger partial charge is 0.168 e. The van der Waals surface area contributed by atoms with Crippen LogP contribution in [0.3, 0.4) is 0 Å². The number of carbonyl (C=O) groups excluding carboxylic acids is 1. The van der Waals surface area contributed by atoms with E-state index in [4.69, 9.17) is 11.8 Å². The van der Waals surface area contributed by atoms with Gasteiger partial charge < -0.3 is 0 Å². The van der Waals surface area contributed by atoms with Gasteiger partial charge in [0.1, 0.15) is 0 Å². The summed E-state index contributed by atoms with van der Waals surface area (Å²) >= 11 is 5.63. The summed E-state index contributed by atoms with van der Waals surface area (Å²) in [6.45, 7) is 4.12. The van der Waals surface area contributed by atoms with Crippen molar-refractivity contribution in [1.29, 1.82) is 0 Å². The maximum Gasteiger partial charge on any atom is 0.168 e. The zero-order chi connectivity index (χ0) is 12.5. The van der Waals surface area contributed by atoms with Crippen LogP contribution in [0.15, 0.2) is 53.1 Å². The molecule has 2 rings (SSSR count). The van der Waals surface area contributed by atoms with Gasteiger partial charge in [0, 0.05) is 17.8 Å². The van der Waals surface area contributed by atoms with Gasteiger partial charge in [-0.15, -0.1) is 0 Å². The summed E-state index contributed by atoms with van der Waals surface area (Å²) in [4.78, 5) is 12.1. The van der Waals surface area contributed by atoms with Crippen LogP contribution in [0.5, 0.6) is 0 Å². The summed E-state index contributed by atoms with van der Waals surface area (Å²) in [6.07, 6.45) is 0.473. The van der Waals surface area contributed by atoms with Crippen molar-refractivity contribution in [2.45, 2.75) is 13.8 Å². The molecule has 0 amide bonds. The minimum atomic E-state index is -1.74. The van der Waals surface area contributed by atoms with Crippen LogP contribution < -0.4 is 0 Å². The Morgan fingerprint density at radius 2 is 1.65 bits per heavy atom. The topological polar surface area (TPSA) is 17.1 Å². The predicted molar refractivity (Wildman–Crippen MR) is 77.4 cm³/mol. The Bertz CT molecular complexity index is 533. The van der Waals surface area contributed by atoms with Gasteiger partial charge in [0.2, 0.25) is 0 Å². The molecule has 3 heteroatoms. The van der Waals surface area contributed by atoms with Gasteiger partial charge >= 0.3 is 0 Å². The number of rotatable bonds is 3. The Kier molecular flexibility index (Phi) is 3.46. The SMILES string of the molecule is CC1=CP(=S)(CC(=O)c2ccccc2)C=C1C. The standard InChI is InChI=1S/C14H15OPS/c1-11-8-16(17,9-12(11)2)10-14(15)13-6-4-3-5-7-13/h3-9H,10H2,1-2H3. The second-order valence-electron chi connectivity index (χ2n) is 4.43. The summed E-state index contributed by atoms with van der Waals surface area (Å²) in [5, 5.41) is 0. The average Bonchev–Trinajstić information content (AvgIpc) is 2.53. The van der Waals surface area contributed by atoms with Crippen LogP contribution in [-0.4, -0.2) is 11.9 Å². The number of carbonyl (C=O) groups is 1. The molecule has 17 heavy (non-hydrogen) atoms. The maximum absolute atomic E-state index is 12.1. The maximum atomic E-state index is 12.1. The first-order valence-electron chi connectivity index (χ1n) is 5.56. The molecule has 0 fully saturated rings. The fourth-order valence-corrected chi connectivity index (χ4v) is 5.84. The number of allylic oxidation sites excluding steroid dienone is 2. The van der Waals surface area contributed by atoms with E-state index in [1.54, 1.807) is 0 Å². The summed E-state index contributed by atoms with van der Waals surface area (Å²) in [6, 6.07) is 7.65. The molecule has 0 N–H and O–H groups in total. The lowest BCUT2D eigenvalue weighted by molar-refractivity contribution is 0.102. The Morgan fingerprint density at radius 1 is 1.12 bits per heavy atom. The minimum absolute atomic E-state index is 0.156. The van der Waals surface area contributed by atoms with Crippen molar-refractivity contribution in [2.24, 2.45) is 0 Å². The van der Waals surface area contributed by atoms with Crippen molar-refractivity contribution in [3.05, 3.63) is 58.7 Å². The molecule has 0 atom stereocenters. The molecule has 1 aromatic carbocycles. The van der Waals surface area contributed by atoms with Crippen molar-refractivity contribution >= 4 is 23.6 Å². The predicted octanol–water partition coefficient (Wildman–Crippen LogP) is 4.17. The molecule has 1 aliphatic heterocycles. The molecular weight excluding hydrogens is 247 g/mol. The van der Waals surface area contributed by atoms with Crippen LogP contribution in [0.4, 0.5) is 0 Å². The number of hydrogen-bond donors (Lipinski definition) is 0. The van der Waals surface area contributed by atoms with Crippen LogP contribution in [0.1, 0.15) is 24.2 Å². The van der Waals surface area contributed by atoms with E-state index in [9.17, 15) is 4.79 Å². The fraction of sp³-hybridized carbons (Fsp3) is 0.214. The van der Waals surface area contributed by atoms with Crippen molar-refractivity contribution in [3.63, 3.8) is 0 Å². The third kappa shape index (κ3) is 2.83. The monoisotopic (exact) mass is 262 g/mol. The molecule has 0 spiro atoms. The van der Waals surface area contributed by atoms with E-state index < -0.39 is 6.04 Å². The molecule has 0 aromatic heterocycles. The van der Waals surface area contributed by atoms with Crippen molar-refractivity contribution in [1.82, 2.24) is 0 Å². The lowest BCUT2D eigenvalue weighted by Crippen LogP contribution is -2.03. The lowest BCUT2D eigenvalue weighted by atomic mass is 10.2. The first kappa shape index (κ1) is 12.5.